The number of hydrogen-bond donors (Lipinski definition) is 0. The standard InChI is InChI=1S/C9H11IO2/c1-12-8(11)9(10)5-6-2-3-7(9)4-6/h2-3,6-7H,4-5H2,1H3. The number of fused-ring (bicyclic) bond motifs is 2. The Morgan fingerprint density at radius 1 is 1.67 bits per heavy atom. The van der Waals surface area contributed by atoms with Crippen LogP contribution in [0, 0.1) is 11.8 Å². The van der Waals surface area contributed by atoms with E-state index in [2.05, 4.69) is 34.7 Å². The lowest BCUT2D eigenvalue weighted by molar-refractivity contribution is -0.143. The molecular formula is C9H11IO2. The van der Waals surface area contributed by atoms with Crippen molar-refractivity contribution in [1.29, 1.82) is 0 Å². The van der Waals surface area contributed by atoms with Crippen LogP contribution in [0.3, 0.4) is 0 Å². The van der Waals surface area contributed by atoms with Crippen LogP contribution in [0.15, 0.2) is 12.2 Å². The molecule has 3 unspecified atom stereocenters. The van der Waals surface area contributed by atoms with Gasteiger partial charge in [-0.25, -0.2) is 0 Å². The first-order valence-electron chi connectivity index (χ1n) is 4.12. The number of esters is 1. The minimum absolute atomic E-state index is 0.0556. The fraction of sp³-hybridized carbons (Fsp3) is 0.667. The van der Waals surface area contributed by atoms with Crippen LogP contribution in [0.25, 0.3) is 0 Å². The minimum Gasteiger partial charge on any atom is -0.468 e. The monoisotopic (exact) mass is 278 g/mol. The van der Waals surface area contributed by atoms with E-state index in [9.17, 15) is 4.79 Å². The first kappa shape index (κ1) is 8.53. The van der Waals surface area contributed by atoms with Crippen LogP contribution in [0.1, 0.15) is 12.8 Å². The highest BCUT2D eigenvalue weighted by atomic mass is 127. The lowest BCUT2D eigenvalue weighted by atomic mass is 9.94. The summed E-state index contributed by atoms with van der Waals surface area (Å²) in [5.41, 5.74) is 0. The Labute approximate surface area is 85.5 Å². The van der Waals surface area contributed by atoms with Gasteiger partial charge in [0, 0.05) is 5.92 Å². The number of carbonyl (C=O) groups excluding carboxylic acids is 1. The van der Waals surface area contributed by atoms with E-state index in [-0.39, 0.29) is 9.39 Å². The molecule has 2 nitrogen and oxygen atoms in total. The van der Waals surface area contributed by atoms with Gasteiger partial charge in [-0.1, -0.05) is 34.7 Å². The Bertz CT molecular complexity index is 249. The highest BCUT2D eigenvalue weighted by Crippen LogP contribution is 2.52. The Hall–Kier alpha value is -0.0600. The van der Waals surface area contributed by atoms with Crippen LogP contribution in [-0.4, -0.2) is 16.5 Å². The lowest BCUT2D eigenvalue weighted by Crippen LogP contribution is -2.36. The smallest absolute Gasteiger partial charge is 0.322 e. The number of allylic oxidation sites excluding steroid dienone is 2. The summed E-state index contributed by atoms with van der Waals surface area (Å²) in [4.78, 5) is 11.5. The molecule has 0 heterocycles. The predicted molar refractivity (Wildman–Crippen MR) is 54.1 cm³/mol. The van der Waals surface area contributed by atoms with Gasteiger partial charge in [-0.05, 0) is 18.8 Å². The summed E-state index contributed by atoms with van der Waals surface area (Å²) >= 11 is 2.26. The number of rotatable bonds is 1. The summed E-state index contributed by atoms with van der Waals surface area (Å²) in [5, 5.41) is 0. The summed E-state index contributed by atoms with van der Waals surface area (Å²) < 4.78 is 4.55. The number of halogens is 1. The molecule has 0 aromatic carbocycles. The summed E-state index contributed by atoms with van der Waals surface area (Å²) in [6.45, 7) is 0. The number of carbonyl (C=O) groups is 1. The molecule has 3 heteroatoms. The third-order valence-electron chi connectivity index (χ3n) is 2.84. The largest absolute Gasteiger partial charge is 0.468 e. The van der Waals surface area contributed by atoms with Crippen molar-refractivity contribution in [2.75, 3.05) is 7.11 Å². The highest BCUT2D eigenvalue weighted by Gasteiger charge is 2.52. The van der Waals surface area contributed by atoms with E-state index in [4.69, 9.17) is 4.74 Å². The maximum atomic E-state index is 11.5. The zero-order chi connectivity index (χ0) is 8.77. The quantitative estimate of drug-likeness (QED) is 0.317. The number of ether oxygens (including phenoxy) is 1. The van der Waals surface area contributed by atoms with Crippen LogP contribution >= 0.6 is 22.6 Å². The molecule has 0 amide bonds. The van der Waals surface area contributed by atoms with Gasteiger partial charge in [0.1, 0.15) is 3.42 Å². The van der Waals surface area contributed by atoms with Crippen molar-refractivity contribution in [2.45, 2.75) is 16.3 Å². The Morgan fingerprint density at radius 2 is 2.42 bits per heavy atom. The molecule has 0 radical (unpaired) electrons. The molecule has 0 aromatic heterocycles. The third kappa shape index (κ3) is 1.02. The van der Waals surface area contributed by atoms with Crippen LogP contribution < -0.4 is 0 Å². The van der Waals surface area contributed by atoms with E-state index < -0.39 is 0 Å². The fourth-order valence-electron chi connectivity index (χ4n) is 2.20. The lowest BCUT2D eigenvalue weighted by Gasteiger charge is -2.25. The van der Waals surface area contributed by atoms with Gasteiger partial charge in [0.2, 0.25) is 0 Å². The second-order valence-corrected chi connectivity index (χ2v) is 5.47. The Morgan fingerprint density at radius 3 is 2.83 bits per heavy atom. The first-order chi connectivity index (χ1) is 5.66. The Balaban J connectivity index is 2.23. The second kappa shape index (κ2) is 2.72. The normalized spacial score (nSPS) is 43.5. The summed E-state index contributed by atoms with van der Waals surface area (Å²) in [6.07, 6.45) is 6.49. The van der Waals surface area contributed by atoms with Gasteiger partial charge in [-0.2, -0.15) is 0 Å². The molecule has 1 saturated carbocycles. The van der Waals surface area contributed by atoms with E-state index in [1.807, 2.05) is 0 Å². The molecule has 0 N–H and O–H groups in total. The van der Waals surface area contributed by atoms with Crippen molar-refractivity contribution >= 4 is 28.6 Å². The summed E-state index contributed by atoms with van der Waals surface area (Å²) in [6, 6.07) is 0. The molecular weight excluding hydrogens is 267 g/mol. The van der Waals surface area contributed by atoms with E-state index in [0.717, 1.165) is 12.8 Å². The molecule has 66 valence electrons. The third-order valence-corrected chi connectivity index (χ3v) is 4.52. The van der Waals surface area contributed by atoms with Gasteiger partial charge in [0.25, 0.3) is 0 Å². The predicted octanol–water partition coefficient (Wildman–Crippen LogP) is 1.93. The van der Waals surface area contributed by atoms with Crippen molar-refractivity contribution in [2.24, 2.45) is 11.8 Å². The number of alkyl halides is 1. The maximum absolute atomic E-state index is 11.5. The summed E-state index contributed by atoms with van der Waals surface area (Å²) in [5.74, 6) is 0.974. The molecule has 3 atom stereocenters. The molecule has 2 rings (SSSR count). The second-order valence-electron chi connectivity index (χ2n) is 3.55. The fourth-order valence-corrected chi connectivity index (χ4v) is 3.45. The molecule has 0 spiro atoms. The zero-order valence-electron chi connectivity index (χ0n) is 6.92. The average molecular weight is 278 g/mol. The topological polar surface area (TPSA) is 26.3 Å². The van der Waals surface area contributed by atoms with E-state index in [0.29, 0.717) is 11.8 Å². The average Bonchev–Trinajstić information content (AvgIpc) is 2.62. The highest BCUT2D eigenvalue weighted by molar-refractivity contribution is 14.1. The van der Waals surface area contributed by atoms with Gasteiger partial charge in [-0.3, -0.25) is 4.79 Å². The maximum Gasteiger partial charge on any atom is 0.322 e. The van der Waals surface area contributed by atoms with Crippen LogP contribution in [0.5, 0.6) is 0 Å². The molecule has 0 saturated heterocycles. The molecule has 2 aliphatic carbocycles. The van der Waals surface area contributed by atoms with Gasteiger partial charge in [-0.15, -0.1) is 0 Å². The molecule has 2 bridgehead atoms. The number of methoxy groups -OCH3 is 1. The van der Waals surface area contributed by atoms with E-state index in [1.54, 1.807) is 0 Å². The molecule has 0 aromatic rings. The molecule has 0 aliphatic heterocycles. The van der Waals surface area contributed by atoms with Crippen LogP contribution in [0.4, 0.5) is 0 Å². The molecule has 12 heavy (non-hydrogen) atoms. The van der Waals surface area contributed by atoms with E-state index >= 15 is 0 Å². The van der Waals surface area contributed by atoms with Gasteiger partial charge in [0.15, 0.2) is 0 Å². The summed E-state index contributed by atoms with van der Waals surface area (Å²) in [7, 11) is 1.47. The first-order valence-corrected chi connectivity index (χ1v) is 5.20. The van der Waals surface area contributed by atoms with Crippen molar-refractivity contribution in [3.05, 3.63) is 12.2 Å². The zero-order valence-corrected chi connectivity index (χ0v) is 9.08. The molecule has 2 aliphatic rings. The van der Waals surface area contributed by atoms with Crippen molar-refractivity contribution in [1.82, 2.24) is 0 Å². The Kier molecular flexibility index (Phi) is 1.93. The van der Waals surface area contributed by atoms with Crippen molar-refractivity contribution < 1.29 is 9.53 Å². The van der Waals surface area contributed by atoms with Gasteiger partial charge >= 0.3 is 5.97 Å². The van der Waals surface area contributed by atoms with E-state index in [1.165, 1.54) is 7.11 Å². The van der Waals surface area contributed by atoms with Crippen LogP contribution in [0.2, 0.25) is 0 Å². The van der Waals surface area contributed by atoms with Crippen molar-refractivity contribution in [3.63, 3.8) is 0 Å². The van der Waals surface area contributed by atoms with Crippen molar-refractivity contribution in [3.8, 4) is 0 Å². The molecule has 1 fully saturated rings. The van der Waals surface area contributed by atoms with Crippen LogP contribution in [-0.2, 0) is 9.53 Å². The minimum atomic E-state index is -0.258. The number of hydrogen-bond acceptors (Lipinski definition) is 2. The van der Waals surface area contributed by atoms with Gasteiger partial charge in [0.05, 0.1) is 7.11 Å². The SMILES string of the molecule is COC(=O)C1(I)CC2C=CC1C2. The van der Waals surface area contributed by atoms with Gasteiger partial charge < -0.3 is 4.74 Å².